The molecule has 1 saturated heterocycles. The molecule has 1 aliphatic rings. The van der Waals surface area contributed by atoms with Crippen molar-refractivity contribution in [2.75, 3.05) is 7.11 Å². The van der Waals surface area contributed by atoms with Crippen LogP contribution in [0.2, 0.25) is 0 Å². The number of rotatable bonds is 4. The maximum absolute atomic E-state index is 11.9. The summed E-state index contributed by atoms with van der Waals surface area (Å²) in [5, 5.41) is 0. The van der Waals surface area contributed by atoms with Crippen LogP contribution in [0.15, 0.2) is 21.9 Å². The van der Waals surface area contributed by atoms with Crippen molar-refractivity contribution in [2.24, 2.45) is 0 Å². The second-order valence-corrected chi connectivity index (χ2v) is 8.84. The summed E-state index contributed by atoms with van der Waals surface area (Å²) in [7, 11) is 1.20. The molecule has 11 heteroatoms. The number of nitrogens with one attached hydrogen (secondary N) is 1. The highest BCUT2D eigenvalue weighted by atomic mass is 35.5. The molecule has 0 spiro atoms. The van der Waals surface area contributed by atoms with Gasteiger partial charge in [0, 0.05) is 19.4 Å². The van der Waals surface area contributed by atoms with Gasteiger partial charge in [-0.15, -0.1) is 11.6 Å². The summed E-state index contributed by atoms with van der Waals surface area (Å²) in [6, 6.07) is 1.18. The van der Waals surface area contributed by atoms with E-state index in [2.05, 4.69) is 21.8 Å². The van der Waals surface area contributed by atoms with E-state index in [1.807, 2.05) is 0 Å². The van der Waals surface area contributed by atoms with Gasteiger partial charge in [-0.3, -0.25) is 18.9 Å². The Hall–Kier alpha value is -0.570. The lowest BCUT2D eigenvalue weighted by molar-refractivity contribution is -0.0107. The van der Waals surface area contributed by atoms with Crippen LogP contribution >= 0.6 is 30.6 Å². The molecule has 2 heterocycles. The highest BCUT2D eigenvalue weighted by Gasteiger charge is 2.55. The molecule has 1 unspecified atom stereocenters. The van der Waals surface area contributed by atoms with Gasteiger partial charge in [0.2, 0.25) is 0 Å². The normalized spacial score (nSPS) is 34.5. The number of hydrogen-bond donors (Lipinski definition) is 2. The first-order valence-electron chi connectivity index (χ1n) is 6.31. The van der Waals surface area contributed by atoms with Gasteiger partial charge in [-0.1, -0.05) is 12.2 Å². The zero-order valence-electron chi connectivity index (χ0n) is 12.1. The Labute approximate surface area is 136 Å². The van der Waals surface area contributed by atoms with Crippen molar-refractivity contribution in [1.29, 1.82) is 0 Å². The summed E-state index contributed by atoms with van der Waals surface area (Å²) in [5.41, 5.74) is -1.20. The third kappa shape index (κ3) is 3.34. The van der Waals surface area contributed by atoms with Crippen LogP contribution in [0.3, 0.4) is 0 Å². The van der Waals surface area contributed by atoms with Gasteiger partial charge in [-0.2, -0.15) is 0 Å². The zero-order chi connectivity index (χ0) is 16.7. The summed E-state index contributed by atoms with van der Waals surface area (Å²) in [6.45, 7) is -0.357. The fourth-order valence-corrected chi connectivity index (χ4v) is 3.84. The SMILES string of the molecule is COP(=O)(S)O[C@@H]1[C@@H](C)O[C@@H](n2ccc(=O)[nH]c2=O)[C@]1(C)Cl. The topological polar surface area (TPSA) is 99.6 Å². The Bertz CT molecular complexity index is 719. The average Bonchev–Trinajstić information content (AvgIpc) is 2.62. The van der Waals surface area contributed by atoms with Crippen LogP contribution in [-0.2, 0) is 18.3 Å². The van der Waals surface area contributed by atoms with Gasteiger partial charge >= 0.3 is 12.5 Å². The number of hydrogen-bond acceptors (Lipinski definition) is 6. The number of halogens is 1. The van der Waals surface area contributed by atoms with Gasteiger partial charge in [0.25, 0.3) is 5.56 Å². The van der Waals surface area contributed by atoms with Crippen LogP contribution in [0.25, 0.3) is 0 Å². The van der Waals surface area contributed by atoms with Crippen LogP contribution in [0.1, 0.15) is 20.1 Å². The Morgan fingerprint density at radius 1 is 1.55 bits per heavy atom. The Kier molecular flexibility index (Phi) is 4.97. The molecule has 22 heavy (non-hydrogen) atoms. The van der Waals surface area contributed by atoms with E-state index in [9.17, 15) is 14.2 Å². The van der Waals surface area contributed by atoms with Crippen LogP contribution in [0, 0.1) is 0 Å². The average molecular weight is 371 g/mol. The number of ether oxygens (including phenoxy) is 1. The number of aromatic nitrogens is 2. The molecule has 0 aromatic carbocycles. The standard InChI is InChI=1S/C11H16ClN2O6PS/c1-6-8(20-21(17,22)18-3)11(2,12)9(19-6)14-5-4-7(15)13-10(14)16/h4-6,8-9H,1-3H3,(H,17,22)(H,13,15,16)/t6-,8-,9-,11-,21?/m1/s1. The van der Waals surface area contributed by atoms with E-state index in [1.165, 1.54) is 19.4 Å². The van der Waals surface area contributed by atoms with Gasteiger partial charge in [0.1, 0.15) is 11.0 Å². The van der Waals surface area contributed by atoms with E-state index in [0.717, 1.165) is 4.57 Å². The molecule has 2 rings (SSSR count). The van der Waals surface area contributed by atoms with E-state index in [-0.39, 0.29) is 0 Å². The predicted octanol–water partition coefficient (Wildman–Crippen LogP) is 1.52. The number of thiol groups is 1. The van der Waals surface area contributed by atoms with E-state index >= 15 is 0 Å². The van der Waals surface area contributed by atoms with Crippen molar-refractivity contribution in [3.63, 3.8) is 0 Å². The van der Waals surface area contributed by atoms with Crippen molar-refractivity contribution in [2.45, 2.75) is 37.2 Å². The molecule has 1 aromatic rings. The summed E-state index contributed by atoms with van der Waals surface area (Å²) in [5.74, 6) is 0. The van der Waals surface area contributed by atoms with Crippen molar-refractivity contribution >= 4 is 30.6 Å². The minimum atomic E-state index is -3.59. The highest BCUT2D eigenvalue weighted by Crippen LogP contribution is 2.58. The van der Waals surface area contributed by atoms with Gasteiger partial charge in [-0.25, -0.2) is 9.36 Å². The molecular formula is C11H16ClN2O6PS. The minimum absolute atomic E-state index is 0.532. The summed E-state index contributed by atoms with van der Waals surface area (Å²) in [6.07, 6.45) is -1.08. The van der Waals surface area contributed by atoms with Crippen LogP contribution in [-0.4, -0.2) is 33.7 Å². The largest absolute Gasteiger partial charge is 0.386 e. The van der Waals surface area contributed by atoms with Crippen molar-refractivity contribution < 1.29 is 18.3 Å². The molecule has 0 bridgehead atoms. The van der Waals surface area contributed by atoms with Gasteiger partial charge in [0.15, 0.2) is 6.23 Å². The monoisotopic (exact) mass is 370 g/mol. The van der Waals surface area contributed by atoms with Crippen LogP contribution in [0.4, 0.5) is 0 Å². The second kappa shape index (κ2) is 6.14. The number of nitrogens with zero attached hydrogens (tertiary/aromatic N) is 1. The van der Waals surface area contributed by atoms with Gasteiger partial charge in [-0.05, 0) is 13.8 Å². The van der Waals surface area contributed by atoms with E-state index < -0.39 is 41.4 Å². The van der Waals surface area contributed by atoms with Crippen molar-refractivity contribution in [3.05, 3.63) is 33.1 Å². The molecule has 1 N–H and O–H groups in total. The lowest BCUT2D eigenvalue weighted by atomic mass is 10.0. The second-order valence-electron chi connectivity index (χ2n) is 5.04. The third-order valence-electron chi connectivity index (χ3n) is 3.39. The summed E-state index contributed by atoms with van der Waals surface area (Å²) >= 11 is 10.3. The molecule has 0 amide bonds. The molecule has 5 atom stereocenters. The highest BCUT2D eigenvalue weighted by molar-refractivity contribution is 8.44. The van der Waals surface area contributed by atoms with Crippen molar-refractivity contribution in [3.8, 4) is 0 Å². The van der Waals surface area contributed by atoms with Crippen molar-refractivity contribution in [1.82, 2.24) is 9.55 Å². The number of alkyl halides is 1. The molecule has 1 aliphatic heterocycles. The van der Waals surface area contributed by atoms with E-state index in [4.69, 9.17) is 20.9 Å². The van der Waals surface area contributed by atoms with Gasteiger partial charge < -0.3 is 9.26 Å². The number of aromatic amines is 1. The molecule has 1 fully saturated rings. The fourth-order valence-electron chi connectivity index (χ4n) is 2.33. The van der Waals surface area contributed by atoms with E-state index in [0.29, 0.717) is 0 Å². The molecular weight excluding hydrogens is 355 g/mol. The predicted molar refractivity (Wildman–Crippen MR) is 83.6 cm³/mol. The van der Waals surface area contributed by atoms with Crippen LogP contribution in [0.5, 0.6) is 0 Å². The minimum Gasteiger partial charge on any atom is -0.350 e. The molecule has 0 radical (unpaired) electrons. The quantitative estimate of drug-likeness (QED) is 0.473. The zero-order valence-corrected chi connectivity index (χ0v) is 14.6. The first-order valence-corrected chi connectivity index (χ1v) is 9.38. The fraction of sp³-hybridized carbons (Fsp3) is 0.636. The van der Waals surface area contributed by atoms with Gasteiger partial charge in [0.05, 0.1) is 6.10 Å². The van der Waals surface area contributed by atoms with Crippen LogP contribution < -0.4 is 11.2 Å². The first-order chi connectivity index (χ1) is 10.1. The molecule has 1 aromatic heterocycles. The molecule has 124 valence electrons. The Morgan fingerprint density at radius 2 is 2.18 bits per heavy atom. The molecule has 8 nitrogen and oxygen atoms in total. The molecule has 0 saturated carbocycles. The smallest absolute Gasteiger partial charge is 0.350 e. The lowest BCUT2D eigenvalue weighted by Gasteiger charge is -2.30. The third-order valence-corrected chi connectivity index (χ3v) is 5.52. The first kappa shape index (κ1) is 17.8. The maximum atomic E-state index is 11.9. The Morgan fingerprint density at radius 3 is 2.73 bits per heavy atom. The lowest BCUT2D eigenvalue weighted by Crippen LogP contribution is -2.43. The maximum Gasteiger partial charge on any atom is 0.386 e. The Balaban J connectivity index is 2.39. The molecule has 0 aliphatic carbocycles. The summed E-state index contributed by atoms with van der Waals surface area (Å²) < 4.78 is 28.8. The van der Waals surface area contributed by atoms with E-state index in [1.54, 1.807) is 13.8 Å². The number of H-pyrrole nitrogens is 1. The summed E-state index contributed by atoms with van der Waals surface area (Å²) in [4.78, 5) is 23.9.